The van der Waals surface area contributed by atoms with E-state index in [2.05, 4.69) is 25.8 Å². The van der Waals surface area contributed by atoms with Crippen LogP contribution in [0, 0.1) is 5.92 Å². The molecule has 2 aromatic heterocycles. The third-order valence-corrected chi connectivity index (χ3v) is 6.00. The summed E-state index contributed by atoms with van der Waals surface area (Å²) in [6, 6.07) is 5.41. The number of hydrogen-bond acceptors (Lipinski definition) is 6. The van der Waals surface area contributed by atoms with Crippen molar-refractivity contribution in [2.24, 2.45) is 5.92 Å². The molecule has 0 spiro atoms. The first-order valence-corrected chi connectivity index (χ1v) is 10.7. The number of piperidine rings is 1. The summed E-state index contributed by atoms with van der Waals surface area (Å²) in [4.78, 5) is 30.8. The minimum atomic E-state index is -0.172. The number of carbonyl (C=O) groups excluding carboxylic acids is 2. The summed E-state index contributed by atoms with van der Waals surface area (Å²) in [6.07, 6.45) is 6.41. The van der Waals surface area contributed by atoms with Gasteiger partial charge in [0, 0.05) is 48.5 Å². The minimum absolute atomic E-state index is 0.0761. The van der Waals surface area contributed by atoms with Gasteiger partial charge in [-0.15, -0.1) is 10.2 Å². The fourth-order valence-electron chi connectivity index (χ4n) is 3.42. The van der Waals surface area contributed by atoms with Gasteiger partial charge in [0.1, 0.15) is 5.51 Å². The molecule has 2 N–H and O–H groups in total. The molecule has 0 saturated carbocycles. The molecule has 0 bridgehead atoms. The van der Waals surface area contributed by atoms with Crippen molar-refractivity contribution in [2.45, 2.75) is 19.4 Å². The molecule has 1 fully saturated rings. The molecule has 3 heterocycles. The highest BCUT2D eigenvalue weighted by Gasteiger charge is 2.28. The van der Waals surface area contributed by atoms with E-state index in [0.717, 1.165) is 11.3 Å². The van der Waals surface area contributed by atoms with Gasteiger partial charge >= 0.3 is 6.03 Å². The fraction of sp³-hybridized carbons (Fsp3) is 0.316. The Morgan fingerprint density at radius 2 is 2.10 bits per heavy atom. The maximum Gasteiger partial charge on any atom is 0.317 e. The van der Waals surface area contributed by atoms with E-state index in [1.165, 1.54) is 11.3 Å². The molecule has 4 rings (SSSR count). The Kier molecular flexibility index (Phi) is 6.24. The van der Waals surface area contributed by atoms with Gasteiger partial charge in [-0.2, -0.15) is 0 Å². The zero-order valence-electron chi connectivity index (χ0n) is 16.0. The number of anilines is 1. The fourth-order valence-corrected chi connectivity index (χ4v) is 4.11. The van der Waals surface area contributed by atoms with Gasteiger partial charge in [-0.1, -0.05) is 29.0 Å². The Morgan fingerprint density at radius 3 is 2.80 bits per heavy atom. The number of nitrogens with zero attached hydrogens (tertiary/aromatic N) is 5. The highest BCUT2D eigenvalue weighted by Crippen LogP contribution is 2.24. The van der Waals surface area contributed by atoms with Crippen LogP contribution in [0.1, 0.15) is 18.4 Å². The van der Waals surface area contributed by atoms with Gasteiger partial charge < -0.3 is 20.1 Å². The molecule has 3 amide bonds. The standard InChI is InChI=1S/C19H20ClN7O2S/c20-15-2-1-3-16(27-9-6-21-11-27)14(15)10-22-19(29)26-7-4-13(5-8-26)17(28)24-18-25-23-12-30-18/h1-3,6,9,11-13H,4-5,7-8,10H2,(H,22,29)(H,24,25,28). The van der Waals surface area contributed by atoms with E-state index in [4.69, 9.17) is 11.6 Å². The van der Waals surface area contributed by atoms with E-state index in [9.17, 15) is 9.59 Å². The second-order valence-electron chi connectivity index (χ2n) is 6.86. The number of likely N-dealkylation sites (tertiary alicyclic amines) is 1. The van der Waals surface area contributed by atoms with Crippen molar-refractivity contribution in [1.29, 1.82) is 0 Å². The lowest BCUT2D eigenvalue weighted by Crippen LogP contribution is -2.46. The number of halogens is 1. The van der Waals surface area contributed by atoms with Crippen LogP contribution in [0.4, 0.5) is 9.93 Å². The molecule has 156 valence electrons. The van der Waals surface area contributed by atoms with Crippen LogP contribution in [-0.2, 0) is 11.3 Å². The first-order valence-electron chi connectivity index (χ1n) is 9.47. The molecule has 0 atom stereocenters. The predicted octanol–water partition coefficient (Wildman–Crippen LogP) is 2.94. The quantitative estimate of drug-likeness (QED) is 0.628. The van der Waals surface area contributed by atoms with Gasteiger partial charge in [0.25, 0.3) is 0 Å². The van der Waals surface area contributed by atoms with E-state index in [0.29, 0.717) is 42.6 Å². The average Bonchev–Trinajstić information content (AvgIpc) is 3.47. The van der Waals surface area contributed by atoms with Crippen molar-refractivity contribution >= 4 is 40.0 Å². The minimum Gasteiger partial charge on any atom is -0.334 e. The van der Waals surface area contributed by atoms with E-state index in [-0.39, 0.29) is 17.9 Å². The van der Waals surface area contributed by atoms with Gasteiger partial charge in [0.2, 0.25) is 11.0 Å². The molecular formula is C19H20ClN7O2S. The molecule has 9 nitrogen and oxygen atoms in total. The maximum absolute atomic E-state index is 12.6. The van der Waals surface area contributed by atoms with Gasteiger partial charge in [0.05, 0.1) is 12.0 Å². The van der Waals surface area contributed by atoms with Gasteiger partial charge in [0.15, 0.2) is 0 Å². The molecule has 1 aliphatic rings. The van der Waals surface area contributed by atoms with Crippen molar-refractivity contribution in [3.05, 3.63) is 53.0 Å². The second kappa shape index (κ2) is 9.23. The number of rotatable bonds is 5. The Hall–Kier alpha value is -2.98. The van der Waals surface area contributed by atoms with Crippen LogP contribution in [0.3, 0.4) is 0 Å². The zero-order valence-corrected chi connectivity index (χ0v) is 17.6. The summed E-state index contributed by atoms with van der Waals surface area (Å²) in [5.74, 6) is -0.220. The lowest BCUT2D eigenvalue weighted by molar-refractivity contribution is -0.121. The average molecular weight is 446 g/mol. The number of aromatic nitrogens is 4. The molecule has 11 heteroatoms. The molecule has 1 aliphatic heterocycles. The SMILES string of the molecule is O=C(Nc1nncs1)C1CCN(C(=O)NCc2c(Cl)cccc2-n2ccnc2)CC1. The number of hydrogen-bond donors (Lipinski definition) is 2. The Bertz CT molecular complexity index is 1000. The van der Waals surface area contributed by atoms with Crippen LogP contribution in [-0.4, -0.2) is 49.7 Å². The Morgan fingerprint density at radius 1 is 1.27 bits per heavy atom. The van der Waals surface area contributed by atoms with E-state index in [1.54, 1.807) is 29.0 Å². The number of imidazole rings is 1. The van der Waals surface area contributed by atoms with Crippen molar-refractivity contribution in [3.8, 4) is 5.69 Å². The van der Waals surface area contributed by atoms with Gasteiger partial charge in [-0.25, -0.2) is 9.78 Å². The largest absolute Gasteiger partial charge is 0.334 e. The van der Waals surface area contributed by atoms with Crippen LogP contribution in [0.15, 0.2) is 42.4 Å². The van der Waals surface area contributed by atoms with Crippen molar-refractivity contribution in [2.75, 3.05) is 18.4 Å². The highest BCUT2D eigenvalue weighted by atomic mass is 35.5. The van der Waals surface area contributed by atoms with Crippen molar-refractivity contribution in [1.82, 2.24) is 30.0 Å². The molecule has 0 aliphatic carbocycles. The number of urea groups is 1. The van der Waals surface area contributed by atoms with E-state index < -0.39 is 0 Å². The maximum atomic E-state index is 12.6. The molecule has 1 saturated heterocycles. The smallest absolute Gasteiger partial charge is 0.317 e. The topological polar surface area (TPSA) is 105 Å². The first-order chi connectivity index (χ1) is 14.6. The van der Waals surface area contributed by atoms with Gasteiger partial charge in [-0.3, -0.25) is 4.79 Å². The summed E-state index contributed by atoms with van der Waals surface area (Å²) in [6.45, 7) is 1.32. The second-order valence-corrected chi connectivity index (χ2v) is 8.10. The summed E-state index contributed by atoms with van der Waals surface area (Å²) in [7, 11) is 0. The van der Waals surface area contributed by atoms with Crippen molar-refractivity contribution in [3.63, 3.8) is 0 Å². The molecule has 30 heavy (non-hydrogen) atoms. The van der Waals surface area contributed by atoms with Crippen LogP contribution >= 0.6 is 22.9 Å². The molecule has 0 radical (unpaired) electrons. The number of amides is 3. The molecule has 0 unspecified atom stereocenters. The van der Waals surface area contributed by atoms with Crippen LogP contribution in [0.5, 0.6) is 0 Å². The third-order valence-electron chi connectivity index (χ3n) is 5.04. The summed E-state index contributed by atoms with van der Waals surface area (Å²) < 4.78 is 1.86. The van der Waals surface area contributed by atoms with E-state index in [1.807, 2.05) is 22.9 Å². The zero-order chi connectivity index (χ0) is 20.9. The number of nitrogens with one attached hydrogen (secondary N) is 2. The number of benzene rings is 1. The normalized spacial score (nSPS) is 14.5. The van der Waals surface area contributed by atoms with Crippen LogP contribution in [0.25, 0.3) is 5.69 Å². The number of carbonyl (C=O) groups is 2. The Labute approximate surface area is 182 Å². The molecule has 1 aromatic carbocycles. The van der Waals surface area contributed by atoms with Crippen LogP contribution in [0.2, 0.25) is 5.02 Å². The lowest BCUT2D eigenvalue weighted by Gasteiger charge is -2.31. The predicted molar refractivity (Wildman–Crippen MR) is 114 cm³/mol. The molecule has 3 aromatic rings. The van der Waals surface area contributed by atoms with E-state index >= 15 is 0 Å². The summed E-state index contributed by atoms with van der Waals surface area (Å²) in [5, 5.41) is 14.3. The summed E-state index contributed by atoms with van der Waals surface area (Å²) in [5.41, 5.74) is 3.25. The van der Waals surface area contributed by atoms with Crippen LogP contribution < -0.4 is 10.6 Å². The Balaban J connectivity index is 1.31. The summed E-state index contributed by atoms with van der Waals surface area (Å²) >= 11 is 7.66. The van der Waals surface area contributed by atoms with Gasteiger partial charge in [-0.05, 0) is 25.0 Å². The first kappa shape index (κ1) is 20.3. The highest BCUT2D eigenvalue weighted by molar-refractivity contribution is 7.13. The van der Waals surface area contributed by atoms with Crippen molar-refractivity contribution < 1.29 is 9.59 Å². The third kappa shape index (κ3) is 4.60. The molecular weight excluding hydrogens is 426 g/mol. The monoisotopic (exact) mass is 445 g/mol. The lowest BCUT2D eigenvalue weighted by atomic mass is 9.96.